The molecule has 0 aromatic carbocycles. The highest BCUT2D eigenvalue weighted by Crippen LogP contribution is 2.39. The second-order valence-electron chi connectivity index (χ2n) is 9.12. The van der Waals surface area contributed by atoms with Gasteiger partial charge in [0.2, 0.25) is 5.91 Å². The molecule has 0 saturated heterocycles. The monoisotopic (exact) mass is 562 g/mol. The summed E-state index contributed by atoms with van der Waals surface area (Å²) in [7, 11) is 1.47. The van der Waals surface area contributed by atoms with Gasteiger partial charge < -0.3 is 15.4 Å². The molecule has 0 aliphatic heterocycles. The zero-order valence-corrected chi connectivity index (χ0v) is 22.8. The van der Waals surface area contributed by atoms with E-state index in [2.05, 4.69) is 36.1 Å². The average Bonchev–Trinajstić information content (AvgIpc) is 3.36. The van der Waals surface area contributed by atoms with Gasteiger partial charge in [-0.1, -0.05) is 19.1 Å². The number of carbonyl (C=O) groups excluding carboxylic acids is 2. The molecule has 11 nitrogen and oxygen atoms in total. The summed E-state index contributed by atoms with van der Waals surface area (Å²) in [6.45, 7) is 5.67. The number of carbonyl (C=O) groups is 2. The quantitative estimate of drug-likeness (QED) is 0.363. The Morgan fingerprint density at radius 1 is 1.15 bits per heavy atom. The molecule has 216 valence electrons. The summed E-state index contributed by atoms with van der Waals surface area (Å²) in [6.07, 6.45) is -0.695. The molecule has 40 heavy (non-hydrogen) atoms. The number of nitrogens with zero attached hydrogens (tertiary/aromatic N) is 6. The lowest BCUT2D eigenvalue weighted by molar-refractivity contribution is -0.134. The second-order valence-corrected chi connectivity index (χ2v) is 9.12. The van der Waals surface area contributed by atoms with Gasteiger partial charge in [-0.2, -0.15) is 5.10 Å². The number of alkyl halides is 3. The van der Waals surface area contributed by atoms with E-state index in [9.17, 15) is 22.8 Å². The molecule has 0 unspecified atom stereocenters. The molecule has 0 spiro atoms. The first-order chi connectivity index (χ1) is 19.1. The molecule has 2 amide bonds. The number of pyridine rings is 1. The van der Waals surface area contributed by atoms with Crippen molar-refractivity contribution >= 4 is 17.6 Å². The summed E-state index contributed by atoms with van der Waals surface area (Å²) in [6, 6.07) is 6.40. The number of hydrogen-bond acceptors (Lipinski definition) is 8. The molecular weight excluding hydrogens is 529 g/mol. The summed E-state index contributed by atoms with van der Waals surface area (Å²) < 4.78 is 47.3. The first-order valence-corrected chi connectivity index (χ1v) is 13.0. The minimum absolute atomic E-state index is 0.0571. The Hall–Kier alpha value is -4.10. The molecular formula is C26H33F3N8O3. The van der Waals surface area contributed by atoms with Gasteiger partial charge >= 0.3 is 0 Å². The Morgan fingerprint density at radius 2 is 1.90 bits per heavy atom. The summed E-state index contributed by atoms with van der Waals surface area (Å²) in [5, 5.41) is 20.5. The third-order valence-corrected chi connectivity index (χ3v) is 5.76. The van der Waals surface area contributed by atoms with Gasteiger partial charge in [-0.25, -0.2) is 17.9 Å². The van der Waals surface area contributed by atoms with Gasteiger partial charge in [-0.15, -0.1) is 10.2 Å². The third kappa shape index (κ3) is 8.99. The molecule has 1 atom stereocenters. The Bertz CT molecular complexity index is 1280. The van der Waals surface area contributed by atoms with Crippen molar-refractivity contribution in [2.75, 3.05) is 12.4 Å². The molecule has 3 aromatic rings. The molecule has 3 heterocycles. The topological polar surface area (TPSA) is 137 Å². The number of amides is 2. The van der Waals surface area contributed by atoms with Crippen molar-refractivity contribution in [2.45, 2.75) is 77.6 Å². The van der Waals surface area contributed by atoms with Gasteiger partial charge in [0.25, 0.3) is 11.8 Å². The number of halogens is 3. The van der Waals surface area contributed by atoms with Crippen LogP contribution in [0.4, 0.5) is 19.0 Å². The number of aryl methyl sites for hydroxylation is 2. The van der Waals surface area contributed by atoms with Crippen LogP contribution in [0, 0.1) is 6.92 Å². The van der Waals surface area contributed by atoms with Gasteiger partial charge in [0.1, 0.15) is 18.0 Å². The van der Waals surface area contributed by atoms with Crippen LogP contribution in [0.3, 0.4) is 0 Å². The highest BCUT2D eigenvalue weighted by Gasteiger charge is 2.47. The fraction of sp³-hybridized carbons (Fsp3) is 0.500. The van der Waals surface area contributed by atoms with Gasteiger partial charge in [0.05, 0.1) is 30.6 Å². The Labute approximate surface area is 229 Å². The minimum atomic E-state index is -2.68. The third-order valence-electron chi connectivity index (χ3n) is 5.76. The minimum Gasteiger partial charge on any atom is -0.490 e. The predicted molar refractivity (Wildman–Crippen MR) is 140 cm³/mol. The molecule has 3 aromatic heterocycles. The number of anilines is 1. The van der Waals surface area contributed by atoms with Crippen molar-refractivity contribution in [3.05, 3.63) is 53.2 Å². The number of rotatable bonds is 11. The van der Waals surface area contributed by atoms with Gasteiger partial charge in [-0.05, 0) is 31.9 Å². The Kier molecular flexibility index (Phi) is 10.5. The van der Waals surface area contributed by atoms with Crippen LogP contribution in [0.1, 0.15) is 60.7 Å². The lowest BCUT2D eigenvalue weighted by Crippen LogP contribution is -2.43. The molecule has 2 N–H and O–H groups in total. The maximum atomic E-state index is 14.4. The summed E-state index contributed by atoms with van der Waals surface area (Å²) in [4.78, 5) is 28.3. The summed E-state index contributed by atoms with van der Waals surface area (Å²) in [5.74, 6) is -2.86. The van der Waals surface area contributed by atoms with Crippen LogP contribution in [0.5, 0.6) is 5.75 Å². The van der Waals surface area contributed by atoms with Crippen LogP contribution in [0.25, 0.3) is 0 Å². The molecule has 1 aliphatic carbocycles. The molecule has 1 aliphatic rings. The standard InChI is InChI=1S/C24H27F3N8O3.C2H6/c1-14-7-18(38-19-10-24(26,27)11-19)8-17(29-14)9-22(36)30-21-6-5-16(31-33-21)4-3-15(25)12-35-13-20(32-34-35)23(37)28-2;1-2/h5-8,13,15,19H,3-4,9-12H2,1-2H3,(H,28,37)(H,30,33,36);1-2H3/t15-;/m1./s1. The van der Waals surface area contributed by atoms with E-state index in [-0.39, 0.29) is 49.6 Å². The summed E-state index contributed by atoms with van der Waals surface area (Å²) in [5.41, 5.74) is 1.68. The highest BCUT2D eigenvalue weighted by atomic mass is 19.3. The normalized spacial score (nSPS) is 14.8. The van der Waals surface area contributed by atoms with Crippen LogP contribution >= 0.6 is 0 Å². The molecule has 0 bridgehead atoms. The maximum absolute atomic E-state index is 14.4. The van der Waals surface area contributed by atoms with E-state index in [1.807, 2.05) is 13.8 Å². The zero-order chi connectivity index (χ0) is 29.3. The van der Waals surface area contributed by atoms with Gasteiger partial charge in [0.15, 0.2) is 11.5 Å². The number of nitrogens with one attached hydrogen (secondary N) is 2. The van der Waals surface area contributed by atoms with Crippen LogP contribution < -0.4 is 15.4 Å². The Balaban J connectivity index is 0.00000216. The lowest BCUT2D eigenvalue weighted by atomic mass is 9.91. The smallest absolute Gasteiger partial charge is 0.273 e. The molecule has 0 radical (unpaired) electrons. The van der Waals surface area contributed by atoms with Crippen molar-refractivity contribution in [1.82, 2.24) is 35.5 Å². The van der Waals surface area contributed by atoms with E-state index in [1.165, 1.54) is 17.9 Å². The molecule has 4 rings (SSSR count). The predicted octanol–water partition coefficient (Wildman–Crippen LogP) is 3.49. The van der Waals surface area contributed by atoms with Crippen LogP contribution in [-0.4, -0.2) is 67.2 Å². The van der Waals surface area contributed by atoms with Crippen molar-refractivity contribution in [3.8, 4) is 5.75 Å². The fourth-order valence-corrected chi connectivity index (χ4v) is 3.87. The fourth-order valence-electron chi connectivity index (χ4n) is 3.87. The van der Waals surface area contributed by atoms with Crippen molar-refractivity contribution in [3.63, 3.8) is 0 Å². The Morgan fingerprint density at radius 3 is 2.55 bits per heavy atom. The van der Waals surface area contributed by atoms with Crippen molar-refractivity contribution in [1.29, 1.82) is 0 Å². The number of ether oxygens (including phenoxy) is 1. The lowest BCUT2D eigenvalue weighted by Gasteiger charge is -2.34. The van der Waals surface area contributed by atoms with E-state index in [0.717, 1.165) is 0 Å². The largest absolute Gasteiger partial charge is 0.490 e. The van der Waals surface area contributed by atoms with E-state index < -0.39 is 24.1 Å². The first kappa shape index (κ1) is 30.4. The number of hydrogen-bond donors (Lipinski definition) is 2. The highest BCUT2D eigenvalue weighted by molar-refractivity contribution is 5.91. The molecule has 14 heteroatoms. The van der Waals surface area contributed by atoms with Crippen LogP contribution in [0.15, 0.2) is 30.5 Å². The van der Waals surface area contributed by atoms with E-state index in [1.54, 1.807) is 31.2 Å². The summed E-state index contributed by atoms with van der Waals surface area (Å²) >= 11 is 0. The van der Waals surface area contributed by atoms with Gasteiger partial charge in [-0.3, -0.25) is 14.6 Å². The van der Waals surface area contributed by atoms with E-state index >= 15 is 0 Å². The average molecular weight is 563 g/mol. The maximum Gasteiger partial charge on any atom is 0.273 e. The molecule has 1 fully saturated rings. The van der Waals surface area contributed by atoms with E-state index in [0.29, 0.717) is 29.3 Å². The van der Waals surface area contributed by atoms with Crippen LogP contribution in [0.2, 0.25) is 0 Å². The molecule has 1 saturated carbocycles. The van der Waals surface area contributed by atoms with Crippen LogP contribution in [-0.2, 0) is 24.2 Å². The van der Waals surface area contributed by atoms with E-state index in [4.69, 9.17) is 4.74 Å². The SMILES string of the molecule is CC.CNC(=O)c1cn(C[C@H](F)CCc2ccc(NC(=O)Cc3cc(OC4CC(F)(F)C4)cc(C)n3)nn2)nn1. The van der Waals surface area contributed by atoms with Gasteiger partial charge in [0, 0.05) is 37.7 Å². The number of aromatic nitrogens is 6. The zero-order valence-electron chi connectivity index (χ0n) is 22.8. The van der Waals surface area contributed by atoms with Crippen molar-refractivity contribution < 1.29 is 27.5 Å². The second kappa shape index (κ2) is 13.8. The first-order valence-electron chi connectivity index (χ1n) is 13.0. The van der Waals surface area contributed by atoms with Crippen molar-refractivity contribution in [2.24, 2.45) is 0 Å².